The zero-order valence-electron chi connectivity index (χ0n) is 5.31. The second-order valence-corrected chi connectivity index (χ2v) is 3.55. The summed E-state index contributed by atoms with van der Waals surface area (Å²) in [5.41, 5.74) is 0. The molecule has 0 saturated carbocycles. The summed E-state index contributed by atoms with van der Waals surface area (Å²) >= 11 is 11.7. The van der Waals surface area contributed by atoms with Gasteiger partial charge in [-0.25, -0.2) is 0 Å². The molecule has 0 radical (unpaired) electrons. The van der Waals surface area contributed by atoms with E-state index in [0.717, 1.165) is 0 Å². The van der Waals surface area contributed by atoms with Crippen molar-refractivity contribution in [2.24, 2.45) is 5.92 Å². The summed E-state index contributed by atoms with van der Waals surface area (Å²) in [6, 6.07) is 0. The lowest BCUT2D eigenvalue weighted by Crippen LogP contribution is -2.35. The predicted octanol–water partition coefficient (Wildman–Crippen LogP) is 1.87. The van der Waals surface area contributed by atoms with Crippen molar-refractivity contribution in [3.05, 3.63) is 0 Å². The van der Waals surface area contributed by atoms with Crippen LogP contribution < -0.4 is 0 Å². The van der Waals surface area contributed by atoms with Crippen molar-refractivity contribution in [1.82, 2.24) is 0 Å². The molecule has 9 heavy (non-hydrogen) atoms. The van der Waals surface area contributed by atoms with E-state index in [0.29, 0.717) is 19.1 Å². The quantitative estimate of drug-likeness (QED) is 0.503. The summed E-state index contributed by atoms with van der Waals surface area (Å²) in [6.07, 6.45) is 0. The third-order valence-electron chi connectivity index (χ3n) is 1.70. The molecular weight excluding hydrogens is 159 g/mol. The molecule has 3 heteroatoms. The Morgan fingerprint density at radius 1 is 1.22 bits per heavy atom. The number of hydrogen-bond acceptors (Lipinski definition) is 1. The largest absolute Gasteiger partial charge is 0.378 e. The monoisotopic (exact) mass is 168 g/mol. The van der Waals surface area contributed by atoms with Crippen molar-refractivity contribution in [2.75, 3.05) is 13.2 Å². The average Bonchev–Trinajstić information content (AvgIpc) is 1.83. The Labute approximate surface area is 65.3 Å². The Morgan fingerprint density at radius 2 is 1.67 bits per heavy atom. The maximum absolute atomic E-state index is 5.85. The molecule has 0 aromatic rings. The van der Waals surface area contributed by atoms with Crippen LogP contribution in [-0.2, 0) is 4.74 Å². The third-order valence-corrected chi connectivity index (χ3v) is 2.74. The molecule has 0 amide bonds. The molecule has 0 spiro atoms. The highest BCUT2D eigenvalue weighted by atomic mass is 35.5. The fourth-order valence-corrected chi connectivity index (χ4v) is 1.43. The standard InChI is InChI=1S/C6H10Cl2O/c1-4-5(7)2-9-3-6(4)8/h4-6H,2-3H2,1H3. The van der Waals surface area contributed by atoms with Crippen LogP contribution in [0.5, 0.6) is 0 Å². The van der Waals surface area contributed by atoms with Gasteiger partial charge in [0, 0.05) is 0 Å². The zero-order chi connectivity index (χ0) is 6.85. The molecule has 54 valence electrons. The van der Waals surface area contributed by atoms with E-state index in [2.05, 4.69) is 6.92 Å². The van der Waals surface area contributed by atoms with Gasteiger partial charge in [0.1, 0.15) is 0 Å². The second-order valence-electron chi connectivity index (χ2n) is 2.43. The van der Waals surface area contributed by atoms with Crippen LogP contribution in [0.3, 0.4) is 0 Å². The number of halogens is 2. The maximum atomic E-state index is 5.85. The Morgan fingerprint density at radius 3 is 2.00 bits per heavy atom. The molecule has 2 unspecified atom stereocenters. The molecule has 0 N–H and O–H groups in total. The summed E-state index contributed by atoms with van der Waals surface area (Å²) < 4.78 is 5.10. The van der Waals surface area contributed by atoms with Crippen LogP contribution in [0.2, 0.25) is 0 Å². The molecule has 1 aliphatic rings. The molecular formula is C6H10Cl2O. The van der Waals surface area contributed by atoms with E-state index in [1.807, 2.05) is 0 Å². The van der Waals surface area contributed by atoms with Crippen LogP contribution in [0.1, 0.15) is 6.92 Å². The molecule has 1 saturated heterocycles. The zero-order valence-corrected chi connectivity index (χ0v) is 6.82. The van der Waals surface area contributed by atoms with E-state index < -0.39 is 0 Å². The molecule has 1 aliphatic heterocycles. The number of hydrogen-bond donors (Lipinski definition) is 0. The van der Waals surface area contributed by atoms with Crippen LogP contribution in [0.15, 0.2) is 0 Å². The third kappa shape index (κ3) is 1.73. The van der Waals surface area contributed by atoms with Gasteiger partial charge in [-0.15, -0.1) is 23.2 Å². The molecule has 1 nitrogen and oxygen atoms in total. The topological polar surface area (TPSA) is 9.23 Å². The summed E-state index contributed by atoms with van der Waals surface area (Å²) in [6.45, 7) is 3.34. The minimum Gasteiger partial charge on any atom is -0.378 e. The molecule has 1 rings (SSSR count). The molecule has 0 aromatic heterocycles. The molecule has 0 bridgehead atoms. The van der Waals surface area contributed by atoms with Gasteiger partial charge in [0.15, 0.2) is 0 Å². The van der Waals surface area contributed by atoms with E-state index >= 15 is 0 Å². The lowest BCUT2D eigenvalue weighted by molar-refractivity contribution is 0.0787. The normalized spacial score (nSPS) is 45.0. The fourth-order valence-electron chi connectivity index (χ4n) is 0.823. The van der Waals surface area contributed by atoms with Crippen molar-refractivity contribution < 1.29 is 4.74 Å². The van der Waals surface area contributed by atoms with Crippen molar-refractivity contribution in [1.29, 1.82) is 0 Å². The lowest BCUT2D eigenvalue weighted by atomic mass is 10.0. The Kier molecular flexibility index (Phi) is 2.62. The molecule has 0 aromatic carbocycles. The Balaban J connectivity index is 2.41. The van der Waals surface area contributed by atoms with E-state index in [1.165, 1.54) is 0 Å². The van der Waals surface area contributed by atoms with Gasteiger partial charge < -0.3 is 4.74 Å². The first-order valence-corrected chi connectivity index (χ1v) is 3.95. The van der Waals surface area contributed by atoms with Crippen molar-refractivity contribution in [2.45, 2.75) is 17.7 Å². The average molecular weight is 169 g/mol. The number of alkyl halides is 2. The van der Waals surface area contributed by atoms with Gasteiger partial charge in [0.2, 0.25) is 0 Å². The van der Waals surface area contributed by atoms with Crippen LogP contribution in [0, 0.1) is 5.92 Å². The van der Waals surface area contributed by atoms with Crippen LogP contribution in [0.25, 0.3) is 0 Å². The number of ether oxygens (including phenoxy) is 1. The van der Waals surface area contributed by atoms with E-state index in [9.17, 15) is 0 Å². The Bertz CT molecular complexity index is 87.1. The van der Waals surface area contributed by atoms with E-state index in [4.69, 9.17) is 27.9 Å². The van der Waals surface area contributed by atoms with Crippen molar-refractivity contribution in [3.8, 4) is 0 Å². The van der Waals surface area contributed by atoms with Gasteiger partial charge in [0.05, 0.1) is 24.0 Å². The first-order chi connectivity index (χ1) is 4.22. The second kappa shape index (κ2) is 3.09. The van der Waals surface area contributed by atoms with Gasteiger partial charge in [-0.3, -0.25) is 0 Å². The smallest absolute Gasteiger partial charge is 0.0634 e. The molecule has 0 aliphatic carbocycles. The van der Waals surface area contributed by atoms with Crippen LogP contribution in [-0.4, -0.2) is 24.0 Å². The summed E-state index contributed by atoms with van der Waals surface area (Å²) in [7, 11) is 0. The minimum absolute atomic E-state index is 0.0984. The highest BCUT2D eigenvalue weighted by Gasteiger charge is 2.27. The number of rotatable bonds is 0. The van der Waals surface area contributed by atoms with Gasteiger partial charge in [-0.2, -0.15) is 0 Å². The highest BCUT2D eigenvalue weighted by Crippen LogP contribution is 2.23. The van der Waals surface area contributed by atoms with Gasteiger partial charge in [-0.05, 0) is 5.92 Å². The minimum atomic E-state index is 0.0984. The first-order valence-electron chi connectivity index (χ1n) is 3.07. The molecule has 2 atom stereocenters. The highest BCUT2D eigenvalue weighted by molar-refractivity contribution is 6.24. The van der Waals surface area contributed by atoms with Gasteiger partial charge >= 0.3 is 0 Å². The summed E-state index contributed by atoms with van der Waals surface area (Å²) in [5, 5.41) is 0.197. The van der Waals surface area contributed by atoms with E-state index in [-0.39, 0.29) is 10.8 Å². The Hall–Kier alpha value is 0.540. The maximum Gasteiger partial charge on any atom is 0.0634 e. The fraction of sp³-hybridized carbons (Fsp3) is 1.00. The van der Waals surface area contributed by atoms with Crippen LogP contribution >= 0.6 is 23.2 Å². The predicted molar refractivity (Wildman–Crippen MR) is 39.3 cm³/mol. The van der Waals surface area contributed by atoms with E-state index in [1.54, 1.807) is 0 Å². The lowest BCUT2D eigenvalue weighted by Gasteiger charge is -2.28. The van der Waals surface area contributed by atoms with Crippen LogP contribution in [0.4, 0.5) is 0 Å². The van der Waals surface area contributed by atoms with Gasteiger partial charge in [0.25, 0.3) is 0 Å². The summed E-state index contributed by atoms with van der Waals surface area (Å²) in [4.78, 5) is 0. The first kappa shape index (κ1) is 7.64. The van der Waals surface area contributed by atoms with Gasteiger partial charge in [-0.1, -0.05) is 6.92 Å². The van der Waals surface area contributed by atoms with Crippen molar-refractivity contribution in [3.63, 3.8) is 0 Å². The van der Waals surface area contributed by atoms with Crippen molar-refractivity contribution >= 4 is 23.2 Å². The summed E-state index contributed by atoms with van der Waals surface area (Å²) in [5.74, 6) is 0.377. The SMILES string of the molecule is CC1C(Cl)COCC1Cl. The molecule has 1 fully saturated rings. The molecule has 1 heterocycles.